The number of ether oxygens (including phenoxy) is 2. The largest absolute Gasteiger partial charge is 0.494 e. The van der Waals surface area contributed by atoms with Crippen molar-refractivity contribution in [1.29, 1.82) is 0 Å². The number of nitrogens with zero attached hydrogens (tertiary/aromatic N) is 2. The Labute approximate surface area is 254 Å². The highest BCUT2D eigenvalue weighted by molar-refractivity contribution is 6.00. The highest BCUT2D eigenvalue weighted by atomic mass is 19.4. The minimum Gasteiger partial charge on any atom is -0.494 e. The van der Waals surface area contributed by atoms with Crippen molar-refractivity contribution in [3.63, 3.8) is 0 Å². The maximum Gasteiger partial charge on any atom is 0.424 e. The number of aryl methyl sites for hydroxylation is 2. The van der Waals surface area contributed by atoms with Gasteiger partial charge in [0.2, 0.25) is 11.5 Å². The molecule has 0 bridgehead atoms. The summed E-state index contributed by atoms with van der Waals surface area (Å²) in [6.45, 7) is 1.40. The standard InChI is InChI=1S/C31H30F4N4O6/c1-16-10-19-11-21(12-23(44-3)26(19)38-17(16)2)29(42)37-15-30(43,31(33,34)35)24-13-20(14-25(36)41)28(45-9-8-40)27(39-24)18-4-6-22(32)7-5-18/h4-7,10-13,40,43H,8-9,14-15H2,1-3H3,(H2,36,41)(H,37,42)/t30-/m0/s1. The topological polar surface area (TPSA) is 157 Å². The molecule has 0 radical (unpaired) electrons. The molecule has 45 heavy (non-hydrogen) atoms. The fraction of sp³-hybridized carbons (Fsp3) is 0.290. The molecule has 0 aliphatic carbocycles. The van der Waals surface area contributed by atoms with E-state index in [-0.39, 0.29) is 40.5 Å². The summed E-state index contributed by atoms with van der Waals surface area (Å²) < 4.78 is 68.5. The minimum absolute atomic E-state index is 0.0592. The van der Waals surface area contributed by atoms with Gasteiger partial charge in [-0.1, -0.05) is 0 Å². The number of primary amides is 1. The van der Waals surface area contributed by atoms with Crippen LogP contribution in [-0.2, 0) is 16.8 Å². The lowest BCUT2D eigenvalue weighted by molar-refractivity contribution is -0.265. The number of halogens is 4. The summed E-state index contributed by atoms with van der Waals surface area (Å²) in [7, 11) is 1.36. The second kappa shape index (κ2) is 13.0. The monoisotopic (exact) mass is 630 g/mol. The fourth-order valence-electron chi connectivity index (χ4n) is 4.61. The van der Waals surface area contributed by atoms with E-state index in [4.69, 9.17) is 15.2 Å². The van der Waals surface area contributed by atoms with Crippen molar-refractivity contribution < 1.29 is 46.8 Å². The molecule has 10 nitrogen and oxygen atoms in total. The first-order valence-corrected chi connectivity index (χ1v) is 13.5. The average Bonchev–Trinajstić information content (AvgIpc) is 2.98. The summed E-state index contributed by atoms with van der Waals surface area (Å²) in [5.41, 5.74) is 2.11. The average molecular weight is 631 g/mol. The molecule has 0 saturated heterocycles. The van der Waals surface area contributed by atoms with Crippen LogP contribution >= 0.6 is 0 Å². The van der Waals surface area contributed by atoms with Gasteiger partial charge in [-0.05, 0) is 67.9 Å². The van der Waals surface area contributed by atoms with E-state index in [1.807, 2.05) is 6.92 Å². The lowest BCUT2D eigenvalue weighted by Crippen LogP contribution is -2.51. The summed E-state index contributed by atoms with van der Waals surface area (Å²) in [6, 6.07) is 9.77. The molecular weight excluding hydrogens is 600 g/mol. The lowest BCUT2D eigenvalue weighted by Gasteiger charge is -2.31. The van der Waals surface area contributed by atoms with Crippen molar-refractivity contribution in [2.75, 3.05) is 26.9 Å². The minimum atomic E-state index is -5.40. The smallest absolute Gasteiger partial charge is 0.424 e. The number of aliphatic hydroxyl groups excluding tert-OH is 1. The highest BCUT2D eigenvalue weighted by Crippen LogP contribution is 2.42. The Hall–Kier alpha value is -4.82. The molecule has 238 valence electrons. The van der Waals surface area contributed by atoms with Crippen molar-refractivity contribution >= 4 is 22.7 Å². The number of aliphatic hydroxyl groups is 2. The molecule has 0 unspecified atom stereocenters. The van der Waals surface area contributed by atoms with E-state index in [0.29, 0.717) is 10.9 Å². The van der Waals surface area contributed by atoms with E-state index < -0.39 is 54.7 Å². The van der Waals surface area contributed by atoms with Gasteiger partial charge in [0.15, 0.2) is 0 Å². The van der Waals surface area contributed by atoms with E-state index in [1.165, 1.54) is 31.4 Å². The number of aromatic nitrogens is 2. The Morgan fingerprint density at radius 2 is 1.73 bits per heavy atom. The second-order valence-electron chi connectivity index (χ2n) is 10.2. The van der Waals surface area contributed by atoms with Crippen LogP contribution in [0.25, 0.3) is 22.2 Å². The summed E-state index contributed by atoms with van der Waals surface area (Å²) in [5.74, 6) is -2.54. The number of rotatable bonds is 11. The van der Waals surface area contributed by atoms with Gasteiger partial charge in [0.05, 0.1) is 32.4 Å². The number of nitrogens with two attached hydrogens (primary N) is 1. The fourth-order valence-corrected chi connectivity index (χ4v) is 4.61. The SMILES string of the molecule is COc1cc(C(=O)NC[C@](O)(c2cc(CC(N)=O)c(OCCO)c(-c3ccc(F)cc3)n2)C(F)(F)F)cc2cc(C)c(C)nc12. The van der Waals surface area contributed by atoms with Crippen LogP contribution in [0.3, 0.4) is 0 Å². The van der Waals surface area contributed by atoms with Crippen LogP contribution in [-0.4, -0.2) is 65.0 Å². The first-order chi connectivity index (χ1) is 21.2. The van der Waals surface area contributed by atoms with Crippen LogP contribution in [0.2, 0.25) is 0 Å². The molecule has 0 saturated carbocycles. The van der Waals surface area contributed by atoms with E-state index in [2.05, 4.69) is 15.3 Å². The molecule has 2 heterocycles. The molecule has 5 N–H and O–H groups in total. The number of methoxy groups -OCH3 is 1. The first-order valence-electron chi connectivity index (χ1n) is 13.5. The summed E-state index contributed by atoms with van der Waals surface area (Å²) in [5, 5.41) is 23.1. The number of carbonyl (C=O) groups excluding carboxylic acids is 2. The highest BCUT2D eigenvalue weighted by Gasteiger charge is 2.56. The van der Waals surface area contributed by atoms with Gasteiger partial charge in [-0.2, -0.15) is 13.2 Å². The summed E-state index contributed by atoms with van der Waals surface area (Å²) in [6.07, 6.45) is -6.03. The van der Waals surface area contributed by atoms with E-state index in [0.717, 1.165) is 29.5 Å². The number of alkyl halides is 3. The number of fused-ring (bicyclic) bond motifs is 1. The summed E-state index contributed by atoms with van der Waals surface area (Å²) in [4.78, 5) is 33.6. The molecule has 4 rings (SSSR count). The maximum absolute atomic E-state index is 14.7. The Kier molecular flexibility index (Phi) is 9.59. The van der Waals surface area contributed by atoms with Crippen LogP contribution < -0.4 is 20.5 Å². The molecule has 0 spiro atoms. The maximum atomic E-state index is 14.7. The Morgan fingerprint density at radius 3 is 2.33 bits per heavy atom. The number of carbonyl (C=O) groups is 2. The summed E-state index contributed by atoms with van der Waals surface area (Å²) >= 11 is 0. The Bertz CT molecular complexity index is 1750. The van der Waals surface area contributed by atoms with Gasteiger partial charge in [-0.25, -0.2) is 14.4 Å². The van der Waals surface area contributed by atoms with Crippen molar-refractivity contribution in [2.24, 2.45) is 5.73 Å². The van der Waals surface area contributed by atoms with Crippen molar-refractivity contribution in [3.05, 3.63) is 82.4 Å². The molecular formula is C31H30F4N4O6. The van der Waals surface area contributed by atoms with Crippen molar-refractivity contribution in [1.82, 2.24) is 15.3 Å². The third-order valence-corrected chi connectivity index (χ3v) is 7.08. The molecule has 4 aromatic rings. The molecule has 2 aromatic carbocycles. The third-order valence-electron chi connectivity index (χ3n) is 7.08. The molecule has 0 fully saturated rings. The molecule has 0 aliphatic rings. The third kappa shape index (κ3) is 6.97. The van der Waals surface area contributed by atoms with Gasteiger partial charge in [0.25, 0.3) is 5.91 Å². The number of nitrogens with one attached hydrogen (secondary N) is 1. The Balaban J connectivity index is 1.81. The molecule has 2 amide bonds. The predicted molar refractivity (Wildman–Crippen MR) is 155 cm³/mol. The number of hydrogen-bond donors (Lipinski definition) is 4. The van der Waals surface area contributed by atoms with Gasteiger partial charge >= 0.3 is 6.18 Å². The van der Waals surface area contributed by atoms with Gasteiger partial charge in [0, 0.05) is 27.8 Å². The predicted octanol–water partition coefficient (Wildman–Crippen LogP) is 3.64. The van der Waals surface area contributed by atoms with Crippen LogP contribution in [0.15, 0.2) is 48.5 Å². The van der Waals surface area contributed by atoms with Crippen LogP contribution in [0.5, 0.6) is 11.5 Å². The van der Waals surface area contributed by atoms with E-state index >= 15 is 0 Å². The lowest BCUT2D eigenvalue weighted by atomic mass is 9.93. The van der Waals surface area contributed by atoms with E-state index in [9.17, 15) is 37.4 Å². The van der Waals surface area contributed by atoms with Gasteiger partial charge < -0.3 is 30.7 Å². The normalized spacial score (nSPS) is 12.9. The number of pyridine rings is 2. The number of hydrogen-bond acceptors (Lipinski definition) is 8. The van der Waals surface area contributed by atoms with Crippen LogP contribution in [0, 0.1) is 19.7 Å². The zero-order valence-electron chi connectivity index (χ0n) is 24.5. The van der Waals surface area contributed by atoms with Crippen molar-refractivity contribution in [3.8, 4) is 22.8 Å². The number of benzene rings is 2. The second-order valence-corrected chi connectivity index (χ2v) is 10.2. The first kappa shape index (κ1) is 33.1. The van der Waals surface area contributed by atoms with Gasteiger partial charge in [0.1, 0.15) is 35.1 Å². The van der Waals surface area contributed by atoms with Crippen LogP contribution in [0.4, 0.5) is 17.6 Å². The quantitative estimate of drug-likeness (QED) is 0.183. The molecule has 0 aliphatic heterocycles. The Morgan fingerprint density at radius 1 is 1.04 bits per heavy atom. The van der Waals surface area contributed by atoms with E-state index in [1.54, 1.807) is 13.0 Å². The van der Waals surface area contributed by atoms with Crippen molar-refractivity contribution in [2.45, 2.75) is 32.0 Å². The van der Waals surface area contributed by atoms with Crippen LogP contribution in [0.1, 0.15) is 32.9 Å². The number of amides is 2. The van der Waals surface area contributed by atoms with Gasteiger partial charge in [-0.3, -0.25) is 9.59 Å². The molecule has 2 aromatic heterocycles. The zero-order valence-corrected chi connectivity index (χ0v) is 24.5. The molecule has 14 heteroatoms. The molecule has 1 atom stereocenters. The van der Waals surface area contributed by atoms with Gasteiger partial charge in [-0.15, -0.1) is 0 Å². The zero-order chi connectivity index (χ0) is 33.1.